The topological polar surface area (TPSA) is 35.2 Å². The molecule has 0 saturated carbocycles. The molecule has 1 rings (SSSR count). The van der Waals surface area contributed by atoms with Crippen molar-refractivity contribution in [1.29, 1.82) is 0 Å². The van der Waals surface area contributed by atoms with Crippen molar-refractivity contribution in [2.24, 2.45) is 5.73 Å². The van der Waals surface area contributed by atoms with E-state index in [1.54, 1.807) is 0 Å². The van der Waals surface area contributed by atoms with E-state index in [4.69, 9.17) is 10.5 Å². The molecule has 1 heterocycles. The van der Waals surface area contributed by atoms with Crippen LogP contribution in [-0.2, 0) is 4.74 Å². The lowest BCUT2D eigenvalue weighted by Gasteiger charge is -2.30. The number of nitrogens with two attached hydrogens (primary N) is 1. The predicted octanol–water partition coefficient (Wildman–Crippen LogP) is 1.64. The van der Waals surface area contributed by atoms with Gasteiger partial charge in [-0.2, -0.15) is 11.8 Å². The Morgan fingerprint density at radius 2 is 2.25 bits per heavy atom. The molecule has 12 heavy (non-hydrogen) atoms. The normalized spacial score (nSPS) is 31.5. The summed E-state index contributed by atoms with van der Waals surface area (Å²) in [6.07, 6.45) is 4.65. The number of hydrogen-bond donors (Lipinski definition) is 1. The quantitative estimate of drug-likeness (QED) is 0.733. The van der Waals surface area contributed by atoms with Crippen LogP contribution in [0.5, 0.6) is 0 Å². The fourth-order valence-electron chi connectivity index (χ4n) is 1.80. The van der Waals surface area contributed by atoms with Crippen LogP contribution in [0.15, 0.2) is 0 Å². The molecule has 0 aromatic rings. The first-order valence-electron chi connectivity index (χ1n) is 4.66. The average molecular weight is 189 g/mol. The molecule has 1 aliphatic rings. The van der Waals surface area contributed by atoms with E-state index in [9.17, 15) is 0 Å². The fourth-order valence-corrected chi connectivity index (χ4v) is 2.87. The lowest BCUT2D eigenvalue weighted by molar-refractivity contribution is -0.0237. The highest BCUT2D eigenvalue weighted by atomic mass is 32.2. The van der Waals surface area contributed by atoms with Crippen molar-refractivity contribution in [3.63, 3.8) is 0 Å². The van der Waals surface area contributed by atoms with Crippen LogP contribution in [-0.4, -0.2) is 30.8 Å². The Morgan fingerprint density at radius 1 is 1.42 bits per heavy atom. The Kier molecular flexibility index (Phi) is 4.40. The van der Waals surface area contributed by atoms with Gasteiger partial charge in [0.15, 0.2) is 0 Å². The maximum absolute atomic E-state index is 5.61. The molecule has 1 aliphatic heterocycles. The van der Waals surface area contributed by atoms with Gasteiger partial charge < -0.3 is 10.5 Å². The van der Waals surface area contributed by atoms with Gasteiger partial charge in [0, 0.05) is 7.11 Å². The molecule has 1 saturated heterocycles. The highest BCUT2D eigenvalue weighted by Gasteiger charge is 2.29. The standard InChI is InChI=1S/C9H19NOS/c1-11-9(4-6-10)3-2-7-12-8-5-9/h2-8,10H2,1H3. The molecule has 2 nitrogen and oxygen atoms in total. The first-order chi connectivity index (χ1) is 5.83. The molecule has 3 heteroatoms. The van der Waals surface area contributed by atoms with Gasteiger partial charge in [-0.1, -0.05) is 0 Å². The summed E-state index contributed by atoms with van der Waals surface area (Å²) in [5.74, 6) is 2.52. The first kappa shape index (κ1) is 10.4. The van der Waals surface area contributed by atoms with Crippen LogP contribution in [0.4, 0.5) is 0 Å². The van der Waals surface area contributed by atoms with Crippen LogP contribution in [0.3, 0.4) is 0 Å². The minimum absolute atomic E-state index is 0.109. The van der Waals surface area contributed by atoms with Crippen molar-refractivity contribution in [3.8, 4) is 0 Å². The highest BCUT2D eigenvalue weighted by molar-refractivity contribution is 7.99. The number of methoxy groups -OCH3 is 1. The highest BCUT2D eigenvalue weighted by Crippen LogP contribution is 2.31. The van der Waals surface area contributed by atoms with Crippen LogP contribution in [0.2, 0.25) is 0 Å². The van der Waals surface area contributed by atoms with Crippen LogP contribution < -0.4 is 5.73 Å². The summed E-state index contributed by atoms with van der Waals surface area (Å²) in [7, 11) is 1.83. The molecule has 0 spiro atoms. The lowest BCUT2D eigenvalue weighted by atomic mass is 9.91. The molecule has 1 fully saturated rings. The molecule has 72 valence electrons. The van der Waals surface area contributed by atoms with Crippen molar-refractivity contribution in [3.05, 3.63) is 0 Å². The Hall–Kier alpha value is 0.270. The van der Waals surface area contributed by atoms with Crippen molar-refractivity contribution >= 4 is 11.8 Å². The third-order valence-electron chi connectivity index (χ3n) is 2.66. The molecule has 1 unspecified atom stereocenters. The predicted molar refractivity (Wildman–Crippen MR) is 54.6 cm³/mol. The molecule has 0 radical (unpaired) electrons. The number of thioether (sulfide) groups is 1. The van der Waals surface area contributed by atoms with Crippen molar-refractivity contribution in [1.82, 2.24) is 0 Å². The Bertz CT molecular complexity index is 122. The minimum atomic E-state index is 0.109. The fraction of sp³-hybridized carbons (Fsp3) is 1.00. The maximum atomic E-state index is 5.61. The van der Waals surface area contributed by atoms with Gasteiger partial charge >= 0.3 is 0 Å². The van der Waals surface area contributed by atoms with Gasteiger partial charge in [0.25, 0.3) is 0 Å². The monoisotopic (exact) mass is 189 g/mol. The van der Waals surface area contributed by atoms with Crippen molar-refractivity contribution in [2.45, 2.75) is 31.3 Å². The van der Waals surface area contributed by atoms with Gasteiger partial charge in [-0.05, 0) is 43.7 Å². The van der Waals surface area contributed by atoms with E-state index in [-0.39, 0.29) is 5.60 Å². The van der Waals surface area contributed by atoms with E-state index in [1.807, 2.05) is 18.9 Å². The molecule has 1 atom stereocenters. The van der Waals surface area contributed by atoms with Gasteiger partial charge in [-0.3, -0.25) is 0 Å². The summed E-state index contributed by atoms with van der Waals surface area (Å²) in [6, 6.07) is 0. The Balaban J connectivity index is 2.48. The smallest absolute Gasteiger partial charge is 0.0699 e. The van der Waals surface area contributed by atoms with E-state index >= 15 is 0 Å². The molecular weight excluding hydrogens is 170 g/mol. The van der Waals surface area contributed by atoms with Gasteiger partial charge in [-0.15, -0.1) is 0 Å². The van der Waals surface area contributed by atoms with E-state index in [0.717, 1.165) is 13.0 Å². The van der Waals surface area contributed by atoms with Crippen LogP contribution >= 0.6 is 11.8 Å². The number of rotatable bonds is 3. The van der Waals surface area contributed by atoms with E-state index < -0.39 is 0 Å². The molecule has 0 bridgehead atoms. The van der Waals surface area contributed by atoms with Crippen molar-refractivity contribution < 1.29 is 4.74 Å². The summed E-state index contributed by atoms with van der Waals surface area (Å²) in [5.41, 5.74) is 5.69. The summed E-state index contributed by atoms with van der Waals surface area (Å²) >= 11 is 2.04. The van der Waals surface area contributed by atoms with Crippen LogP contribution in [0.1, 0.15) is 25.7 Å². The van der Waals surface area contributed by atoms with Gasteiger partial charge in [0.1, 0.15) is 0 Å². The van der Waals surface area contributed by atoms with E-state index in [1.165, 1.54) is 30.8 Å². The second-order valence-electron chi connectivity index (χ2n) is 3.39. The number of ether oxygens (including phenoxy) is 1. The Labute approximate surface area is 79.2 Å². The zero-order valence-corrected chi connectivity index (χ0v) is 8.66. The number of hydrogen-bond acceptors (Lipinski definition) is 3. The Morgan fingerprint density at radius 3 is 2.92 bits per heavy atom. The zero-order chi connectivity index (χ0) is 8.86. The first-order valence-corrected chi connectivity index (χ1v) is 5.81. The summed E-state index contributed by atoms with van der Waals surface area (Å²) < 4.78 is 5.61. The van der Waals surface area contributed by atoms with Gasteiger partial charge in [-0.25, -0.2) is 0 Å². The molecule has 0 amide bonds. The van der Waals surface area contributed by atoms with E-state index in [2.05, 4.69) is 0 Å². The molecule has 2 N–H and O–H groups in total. The summed E-state index contributed by atoms with van der Waals surface area (Å²) in [5, 5.41) is 0. The minimum Gasteiger partial charge on any atom is -0.378 e. The largest absolute Gasteiger partial charge is 0.378 e. The zero-order valence-electron chi connectivity index (χ0n) is 7.84. The van der Waals surface area contributed by atoms with Crippen LogP contribution in [0.25, 0.3) is 0 Å². The third-order valence-corrected chi connectivity index (χ3v) is 3.73. The second kappa shape index (κ2) is 5.10. The molecule has 0 aromatic heterocycles. The van der Waals surface area contributed by atoms with Crippen molar-refractivity contribution in [2.75, 3.05) is 25.2 Å². The summed E-state index contributed by atoms with van der Waals surface area (Å²) in [4.78, 5) is 0. The summed E-state index contributed by atoms with van der Waals surface area (Å²) in [6.45, 7) is 0.749. The van der Waals surface area contributed by atoms with Crippen LogP contribution in [0, 0.1) is 0 Å². The lowest BCUT2D eigenvalue weighted by Crippen LogP contribution is -2.34. The van der Waals surface area contributed by atoms with Gasteiger partial charge in [0.05, 0.1) is 5.60 Å². The van der Waals surface area contributed by atoms with E-state index in [0.29, 0.717) is 0 Å². The molecule has 0 aromatic carbocycles. The van der Waals surface area contributed by atoms with Gasteiger partial charge in [0.2, 0.25) is 0 Å². The third kappa shape index (κ3) is 2.64. The average Bonchev–Trinajstić information content (AvgIpc) is 2.32. The molecular formula is C9H19NOS. The maximum Gasteiger partial charge on any atom is 0.0699 e. The molecule has 0 aliphatic carbocycles. The second-order valence-corrected chi connectivity index (χ2v) is 4.62. The SMILES string of the molecule is COC1(CCN)CCCSCC1.